The van der Waals surface area contributed by atoms with Gasteiger partial charge in [0.1, 0.15) is 12.4 Å². The number of hydrogen-bond donors (Lipinski definition) is 0. The molecular formula is C11H10Br2O2. The predicted molar refractivity (Wildman–Crippen MR) is 64.8 cm³/mol. The Morgan fingerprint density at radius 3 is 2.67 bits per heavy atom. The van der Waals surface area contributed by atoms with E-state index in [0.29, 0.717) is 0 Å². The van der Waals surface area contributed by atoms with Crippen molar-refractivity contribution in [3.05, 3.63) is 32.7 Å². The first-order valence-corrected chi connectivity index (χ1v) is 6.35. The van der Waals surface area contributed by atoms with Crippen LogP contribution in [0.5, 0.6) is 0 Å². The van der Waals surface area contributed by atoms with E-state index in [-0.39, 0.29) is 12.2 Å². The van der Waals surface area contributed by atoms with Gasteiger partial charge >= 0.3 is 0 Å². The third-order valence-corrected chi connectivity index (χ3v) is 4.40. The molecular weight excluding hydrogens is 324 g/mol. The van der Waals surface area contributed by atoms with Crippen molar-refractivity contribution in [2.24, 2.45) is 0 Å². The average Bonchev–Trinajstić information content (AvgIpc) is 2.70. The fourth-order valence-electron chi connectivity index (χ4n) is 1.72. The van der Waals surface area contributed by atoms with E-state index >= 15 is 0 Å². The number of hydrogen-bond acceptors (Lipinski definition) is 2. The Morgan fingerprint density at radius 1 is 1.27 bits per heavy atom. The lowest BCUT2D eigenvalue weighted by Gasteiger charge is -2.11. The summed E-state index contributed by atoms with van der Waals surface area (Å²) in [6.45, 7) is 0. The third kappa shape index (κ3) is 2.49. The molecule has 1 aliphatic rings. The number of aldehydes is 1. The molecule has 0 amide bonds. The van der Waals surface area contributed by atoms with Crippen LogP contribution in [0, 0.1) is 0 Å². The lowest BCUT2D eigenvalue weighted by molar-refractivity contribution is -0.117. The predicted octanol–water partition coefficient (Wildman–Crippen LogP) is 3.63. The normalized spacial score (nSPS) is 25.5. The summed E-state index contributed by atoms with van der Waals surface area (Å²) in [5.74, 6) is 0. The maximum atomic E-state index is 10.6. The maximum Gasteiger partial charge on any atom is 0.148 e. The minimum atomic E-state index is -0.225. The lowest BCUT2D eigenvalue weighted by Crippen LogP contribution is -2.07. The molecule has 1 aliphatic heterocycles. The highest BCUT2D eigenvalue weighted by Crippen LogP contribution is 2.34. The van der Waals surface area contributed by atoms with Crippen molar-refractivity contribution < 1.29 is 9.53 Å². The average molecular weight is 334 g/mol. The minimum Gasteiger partial charge on any atom is -0.363 e. The Kier molecular flexibility index (Phi) is 3.59. The second-order valence-corrected chi connectivity index (χ2v) is 5.26. The number of halogens is 2. The van der Waals surface area contributed by atoms with E-state index in [9.17, 15) is 4.79 Å². The van der Waals surface area contributed by atoms with Crippen LogP contribution in [0.3, 0.4) is 0 Å². The third-order valence-electron chi connectivity index (χ3n) is 2.52. The molecule has 1 fully saturated rings. The fraction of sp³-hybridized carbons (Fsp3) is 0.364. The molecule has 2 unspecified atom stereocenters. The van der Waals surface area contributed by atoms with Gasteiger partial charge in [0, 0.05) is 8.95 Å². The molecule has 0 bridgehead atoms. The molecule has 1 aromatic rings. The highest BCUT2D eigenvalue weighted by molar-refractivity contribution is 9.13. The Labute approximate surface area is 105 Å². The summed E-state index contributed by atoms with van der Waals surface area (Å²) in [4.78, 5) is 10.6. The van der Waals surface area contributed by atoms with E-state index in [1.807, 2.05) is 18.2 Å². The van der Waals surface area contributed by atoms with Crippen molar-refractivity contribution in [1.82, 2.24) is 0 Å². The Morgan fingerprint density at radius 2 is 2.07 bits per heavy atom. The first kappa shape index (κ1) is 11.3. The van der Waals surface area contributed by atoms with Gasteiger partial charge in [-0.05, 0) is 62.4 Å². The van der Waals surface area contributed by atoms with Crippen LogP contribution in [0.1, 0.15) is 24.5 Å². The summed E-state index contributed by atoms with van der Waals surface area (Å²) in [6.07, 6.45) is 2.45. The van der Waals surface area contributed by atoms with Gasteiger partial charge in [0.25, 0.3) is 0 Å². The number of ether oxygens (including phenoxy) is 1. The maximum absolute atomic E-state index is 10.6. The smallest absolute Gasteiger partial charge is 0.148 e. The van der Waals surface area contributed by atoms with Crippen molar-refractivity contribution >= 4 is 38.1 Å². The number of benzene rings is 1. The Bertz CT molecular complexity index is 379. The summed E-state index contributed by atoms with van der Waals surface area (Å²) in [5.41, 5.74) is 1.12. The quantitative estimate of drug-likeness (QED) is 0.772. The zero-order valence-electron chi connectivity index (χ0n) is 7.95. The van der Waals surface area contributed by atoms with Crippen molar-refractivity contribution in [2.75, 3.05) is 0 Å². The fourth-order valence-corrected chi connectivity index (χ4v) is 2.36. The van der Waals surface area contributed by atoms with Gasteiger partial charge in [-0.1, -0.05) is 6.07 Å². The van der Waals surface area contributed by atoms with Gasteiger partial charge in [-0.3, -0.25) is 0 Å². The van der Waals surface area contributed by atoms with Crippen LogP contribution in [-0.4, -0.2) is 12.4 Å². The van der Waals surface area contributed by atoms with Gasteiger partial charge in [0.05, 0.1) is 6.10 Å². The van der Waals surface area contributed by atoms with E-state index < -0.39 is 0 Å². The molecule has 2 rings (SSSR count). The van der Waals surface area contributed by atoms with Gasteiger partial charge < -0.3 is 9.53 Å². The molecule has 0 spiro atoms. The van der Waals surface area contributed by atoms with Gasteiger partial charge in [-0.2, -0.15) is 0 Å². The molecule has 2 nitrogen and oxygen atoms in total. The molecule has 0 saturated carbocycles. The van der Waals surface area contributed by atoms with Crippen LogP contribution in [0.25, 0.3) is 0 Å². The van der Waals surface area contributed by atoms with Gasteiger partial charge in [-0.25, -0.2) is 0 Å². The van der Waals surface area contributed by atoms with E-state index in [1.54, 1.807) is 0 Å². The summed E-state index contributed by atoms with van der Waals surface area (Å²) in [6, 6.07) is 6.03. The lowest BCUT2D eigenvalue weighted by atomic mass is 10.1. The van der Waals surface area contributed by atoms with E-state index in [0.717, 1.165) is 33.6 Å². The summed E-state index contributed by atoms with van der Waals surface area (Å²) in [5, 5.41) is 0. The standard InChI is InChI=1S/C11H10Br2O2/c12-9-3-1-7(5-10(9)13)11-4-2-8(6-14)15-11/h1,3,5-6,8,11H,2,4H2. The van der Waals surface area contributed by atoms with Crippen molar-refractivity contribution in [3.8, 4) is 0 Å². The van der Waals surface area contributed by atoms with Crippen LogP contribution in [0.15, 0.2) is 27.1 Å². The van der Waals surface area contributed by atoms with Crippen LogP contribution >= 0.6 is 31.9 Å². The first-order chi connectivity index (χ1) is 7.20. The molecule has 0 aromatic heterocycles. The van der Waals surface area contributed by atoms with Crippen LogP contribution in [0.4, 0.5) is 0 Å². The summed E-state index contributed by atoms with van der Waals surface area (Å²) in [7, 11) is 0. The number of carbonyl (C=O) groups is 1. The second-order valence-electron chi connectivity index (χ2n) is 3.55. The van der Waals surface area contributed by atoms with Gasteiger partial charge in [0.2, 0.25) is 0 Å². The SMILES string of the molecule is O=CC1CCC(c2ccc(Br)c(Br)c2)O1. The van der Waals surface area contributed by atoms with Gasteiger partial charge in [-0.15, -0.1) is 0 Å². The topological polar surface area (TPSA) is 26.3 Å². The molecule has 2 atom stereocenters. The molecule has 1 aromatic carbocycles. The first-order valence-electron chi connectivity index (χ1n) is 4.76. The van der Waals surface area contributed by atoms with Crippen LogP contribution < -0.4 is 0 Å². The number of carbonyl (C=O) groups excluding carboxylic acids is 1. The molecule has 0 N–H and O–H groups in total. The molecule has 0 aliphatic carbocycles. The van der Waals surface area contributed by atoms with Crippen LogP contribution in [0.2, 0.25) is 0 Å². The van der Waals surface area contributed by atoms with Crippen molar-refractivity contribution in [1.29, 1.82) is 0 Å². The minimum absolute atomic E-state index is 0.0598. The Hall–Kier alpha value is -0.190. The van der Waals surface area contributed by atoms with E-state index in [2.05, 4.69) is 31.9 Å². The largest absolute Gasteiger partial charge is 0.363 e. The highest BCUT2D eigenvalue weighted by atomic mass is 79.9. The zero-order valence-corrected chi connectivity index (χ0v) is 11.1. The molecule has 15 heavy (non-hydrogen) atoms. The molecule has 0 radical (unpaired) electrons. The zero-order chi connectivity index (χ0) is 10.8. The monoisotopic (exact) mass is 332 g/mol. The van der Waals surface area contributed by atoms with E-state index in [4.69, 9.17) is 4.74 Å². The summed E-state index contributed by atoms with van der Waals surface area (Å²) >= 11 is 6.87. The second kappa shape index (κ2) is 4.76. The van der Waals surface area contributed by atoms with E-state index in [1.165, 1.54) is 0 Å². The Balaban J connectivity index is 2.17. The molecule has 1 saturated heterocycles. The van der Waals surface area contributed by atoms with Crippen LogP contribution in [-0.2, 0) is 9.53 Å². The van der Waals surface area contributed by atoms with Gasteiger partial charge in [0.15, 0.2) is 0 Å². The molecule has 80 valence electrons. The summed E-state index contributed by atoms with van der Waals surface area (Å²) < 4.78 is 7.62. The molecule has 1 heterocycles. The van der Waals surface area contributed by atoms with Crippen molar-refractivity contribution in [2.45, 2.75) is 25.0 Å². The number of rotatable bonds is 2. The van der Waals surface area contributed by atoms with Crippen molar-refractivity contribution in [3.63, 3.8) is 0 Å². The molecule has 4 heteroatoms. The highest BCUT2D eigenvalue weighted by Gasteiger charge is 2.26.